The second-order valence-corrected chi connectivity index (χ2v) is 10.1. The predicted molar refractivity (Wildman–Crippen MR) is 139 cm³/mol. The fraction of sp³-hybridized carbons (Fsp3) is 0.310. The number of nitrogens with one attached hydrogen (secondary N) is 1. The van der Waals surface area contributed by atoms with Crippen LogP contribution in [-0.2, 0) is 0 Å². The summed E-state index contributed by atoms with van der Waals surface area (Å²) in [5.74, 6) is -0.0322. The number of hydrogen-bond donors (Lipinski definition) is 1. The minimum atomic E-state index is -0.772. The van der Waals surface area contributed by atoms with E-state index in [1.165, 1.54) is 6.92 Å². The largest absolute Gasteiger partial charge is 0.457 e. The predicted octanol–water partition coefficient (Wildman–Crippen LogP) is 5.65. The molecule has 1 heterocycles. The van der Waals surface area contributed by atoms with Gasteiger partial charge in [-0.2, -0.15) is 0 Å². The van der Waals surface area contributed by atoms with Crippen LogP contribution in [0, 0.1) is 28.3 Å². The summed E-state index contributed by atoms with van der Waals surface area (Å²) in [6, 6.07) is 18.5. The van der Waals surface area contributed by atoms with Gasteiger partial charge in [0.15, 0.2) is 0 Å². The first-order valence-electron chi connectivity index (χ1n) is 12.6. The van der Waals surface area contributed by atoms with Crippen LogP contribution in [0.1, 0.15) is 52.0 Å². The highest BCUT2D eigenvalue weighted by atomic mass is 19.1. The molecule has 0 bridgehead atoms. The highest BCUT2D eigenvalue weighted by Gasteiger charge is 2.47. The molecule has 1 saturated carbocycles. The number of halogens is 1. The zero-order valence-corrected chi connectivity index (χ0v) is 21.0. The first kappa shape index (κ1) is 25.4. The van der Waals surface area contributed by atoms with Crippen molar-refractivity contribution in [2.24, 2.45) is 5.41 Å². The molecule has 9 heteroatoms. The third-order valence-electron chi connectivity index (χ3n) is 7.69. The fourth-order valence-corrected chi connectivity index (χ4v) is 5.55. The standard InChI is InChI=1S/C29H28FN3O5/c1-19-25(33(36)37)12-11-24(30)26(19)27(34)31-21-17-29(18-21)13-15-32(16-14-29)28(35)20-7-9-23(10-8-20)38-22-5-3-2-4-6-22/h2-12,21H,13-18H2,1H3,(H,31,34). The Balaban J connectivity index is 1.13. The fourth-order valence-electron chi connectivity index (χ4n) is 5.55. The lowest BCUT2D eigenvalue weighted by molar-refractivity contribution is -0.385. The maximum Gasteiger partial charge on any atom is 0.273 e. The summed E-state index contributed by atoms with van der Waals surface area (Å²) in [7, 11) is 0. The molecule has 1 aliphatic carbocycles. The van der Waals surface area contributed by atoms with Crippen molar-refractivity contribution in [2.75, 3.05) is 13.1 Å². The van der Waals surface area contributed by atoms with Crippen LogP contribution in [0.25, 0.3) is 0 Å². The van der Waals surface area contributed by atoms with E-state index >= 15 is 0 Å². The van der Waals surface area contributed by atoms with Crippen molar-refractivity contribution in [3.05, 3.63) is 99.4 Å². The topological polar surface area (TPSA) is 102 Å². The average Bonchev–Trinajstić information content (AvgIpc) is 2.89. The Hall–Kier alpha value is -4.27. The summed E-state index contributed by atoms with van der Waals surface area (Å²) in [6.45, 7) is 2.63. The van der Waals surface area contributed by atoms with E-state index in [2.05, 4.69) is 5.32 Å². The van der Waals surface area contributed by atoms with Gasteiger partial charge in [-0.25, -0.2) is 4.39 Å². The Morgan fingerprint density at radius 3 is 2.26 bits per heavy atom. The average molecular weight is 518 g/mol. The lowest BCUT2D eigenvalue weighted by atomic mass is 9.60. The third-order valence-corrected chi connectivity index (χ3v) is 7.69. The number of amides is 2. The minimum absolute atomic E-state index is 0.0213. The van der Waals surface area contributed by atoms with Gasteiger partial charge < -0.3 is 15.0 Å². The van der Waals surface area contributed by atoms with E-state index in [-0.39, 0.29) is 34.2 Å². The SMILES string of the molecule is Cc1c([N+](=O)[O-])ccc(F)c1C(=O)NC1CC2(CCN(C(=O)c3ccc(Oc4ccccc4)cc3)CC2)C1. The van der Waals surface area contributed by atoms with E-state index in [4.69, 9.17) is 4.74 Å². The van der Waals surface area contributed by atoms with Crippen molar-refractivity contribution in [3.8, 4) is 11.5 Å². The second-order valence-electron chi connectivity index (χ2n) is 10.1. The first-order chi connectivity index (χ1) is 18.2. The van der Waals surface area contributed by atoms with Crippen molar-refractivity contribution < 1.29 is 23.6 Å². The molecule has 196 valence electrons. The third kappa shape index (κ3) is 5.09. The van der Waals surface area contributed by atoms with Gasteiger partial charge in [0, 0.05) is 36.3 Å². The molecule has 2 aliphatic rings. The second kappa shape index (κ2) is 10.2. The van der Waals surface area contributed by atoms with Gasteiger partial charge in [-0.1, -0.05) is 18.2 Å². The highest BCUT2D eigenvalue weighted by Crippen LogP contribution is 2.49. The lowest BCUT2D eigenvalue weighted by Crippen LogP contribution is -2.55. The van der Waals surface area contributed by atoms with Gasteiger partial charge in [-0.05, 0) is 80.5 Å². The smallest absolute Gasteiger partial charge is 0.273 e. The van der Waals surface area contributed by atoms with E-state index in [0.717, 1.165) is 43.6 Å². The number of nitro groups is 1. The van der Waals surface area contributed by atoms with Crippen molar-refractivity contribution in [1.82, 2.24) is 10.2 Å². The Bertz CT molecular complexity index is 1360. The van der Waals surface area contributed by atoms with Crippen molar-refractivity contribution in [1.29, 1.82) is 0 Å². The van der Waals surface area contributed by atoms with Crippen molar-refractivity contribution in [3.63, 3.8) is 0 Å². The molecule has 0 atom stereocenters. The van der Waals surface area contributed by atoms with Gasteiger partial charge in [0.2, 0.25) is 0 Å². The molecule has 3 aromatic rings. The monoisotopic (exact) mass is 517 g/mol. The molecule has 1 aliphatic heterocycles. The molecule has 2 amide bonds. The van der Waals surface area contributed by atoms with Crippen LogP contribution in [0.15, 0.2) is 66.7 Å². The van der Waals surface area contributed by atoms with Gasteiger partial charge in [0.25, 0.3) is 17.5 Å². The van der Waals surface area contributed by atoms with Gasteiger partial charge in [0.05, 0.1) is 10.5 Å². The van der Waals surface area contributed by atoms with Gasteiger partial charge in [-0.3, -0.25) is 19.7 Å². The van der Waals surface area contributed by atoms with Gasteiger partial charge in [0.1, 0.15) is 17.3 Å². The number of likely N-dealkylation sites (tertiary alicyclic amines) is 1. The van der Waals surface area contributed by atoms with Crippen LogP contribution in [-0.4, -0.2) is 40.8 Å². The molecule has 38 heavy (non-hydrogen) atoms. The van der Waals surface area contributed by atoms with Crippen LogP contribution in [0.5, 0.6) is 11.5 Å². The Kier molecular flexibility index (Phi) is 6.84. The van der Waals surface area contributed by atoms with E-state index in [1.807, 2.05) is 35.2 Å². The number of ether oxygens (including phenoxy) is 1. The summed E-state index contributed by atoms with van der Waals surface area (Å²) in [6.07, 6.45) is 3.12. The maximum atomic E-state index is 14.3. The lowest BCUT2D eigenvalue weighted by Gasteiger charge is -2.52. The van der Waals surface area contributed by atoms with Crippen LogP contribution in [0.4, 0.5) is 10.1 Å². The Morgan fingerprint density at radius 2 is 1.63 bits per heavy atom. The van der Waals surface area contributed by atoms with E-state index in [9.17, 15) is 24.1 Å². The zero-order valence-electron chi connectivity index (χ0n) is 21.0. The number of para-hydroxylation sites is 1. The Labute approximate surface area is 219 Å². The number of nitro benzene ring substituents is 1. The molecule has 1 spiro atoms. The number of rotatable bonds is 6. The van der Waals surface area contributed by atoms with Crippen molar-refractivity contribution >= 4 is 17.5 Å². The van der Waals surface area contributed by atoms with E-state index in [1.54, 1.807) is 24.3 Å². The molecule has 1 saturated heterocycles. The highest BCUT2D eigenvalue weighted by molar-refractivity contribution is 5.97. The molecule has 0 radical (unpaired) electrons. The van der Waals surface area contributed by atoms with Gasteiger partial charge in [-0.15, -0.1) is 0 Å². The van der Waals surface area contributed by atoms with E-state index < -0.39 is 16.6 Å². The van der Waals surface area contributed by atoms with Crippen LogP contribution < -0.4 is 10.1 Å². The number of piperidine rings is 1. The number of carbonyl (C=O) groups excluding carboxylic acids is 2. The normalized spacial score (nSPS) is 16.5. The summed E-state index contributed by atoms with van der Waals surface area (Å²) in [4.78, 5) is 38.2. The van der Waals surface area contributed by atoms with E-state index in [0.29, 0.717) is 24.4 Å². The molecular weight excluding hydrogens is 489 g/mol. The number of benzene rings is 3. The number of nitrogens with zero attached hydrogens (tertiary/aromatic N) is 2. The number of carbonyl (C=O) groups is 2. The van der Waals surface area contributed by atoms with Crippen LogP contribution >= 0.6 is 0 Å². The minimum Gasteiger partial charge on any atom is -0.457 e. The summed E-state index contributed by atoms with van der Waals surface area (Å²) >= 11 is 0. The summed E-state index contributed by atoms with van der Waals surface area (Å²) < 4.78 is 20.1. The van der Waals surface area contributed by atoms with Crippen molar-refractivity contribution in [2.45, 2.75) is 38.6 Å². The van der Waals surface area contributed by atoms with Crippen LogP contribution in [0.3, 0.4) is 0 Å². The maximum absolute atomic E-state index is 14.3. The number of hydrogen-bond acceptors (Lipinski definition) is 5. The summed E-state index contributed by atoms with van der Waals surface area (Å²) in [5, 5.41) is 14.0. The molecule has 1 N–H and O–H groups in total. The molecule has 2 fully saturated rings. The Morgan fingerprint density at radius 1 is 1.00 bits per heavy atom. The molecule has 3 aromatic carbocycles. The quantitative estimate of drug-likeness (QED) is 0.336. The van der Waals surface area contributed by atoms with Gasteiger partial charge >= 0.3 is 0 Å². The molecular formula is C29H28FN3O5. The summed E-state index contributed by atoms with van der Waals surface area (Å²) in [5.41, 5.74) is 0.110. The molecule has 8 nitrogen and oxygen atoms in total. The van der Waals surface area contributed by atoms with Crippen LogP contribution in [0.2, 0.25) is 0 Å². The molecule has 5 rings (SSSR count). The molecule has 0 unspecified atom stereocenters. The molecule has 0 aromatic heterocycles. The first-order valence-corrected chi connectivity index (χ1v) is 12.6. The zero-order chi connectivity index (χ0) is 26.9.